The number of para-hydroxylation sites is 1. The van der Waals surface area contributed by atoms with Crippen LogP contribution in [0.4, 0.5) is 15.8 Å². The van der Waals surface area contributed by atoms with E-state index in [1.165, 1.54) is 43.3 Å². The molecule has 25 heavy (non-hydrogen) atoms. The van der Waals surface area contributed by atoms with Crippen LogP contribution in [0.15, 0.2) is 47.4 Å². The lowest BCUT2D eigenvalue weighted by molar-refractivity contribution is -0.386. The molecule has 0 fully saturated rings. The van der Waals surface area contributed by atoms with E-state index in [0.717, 1.165) is 12.3 Å². The highest BCUT2D eigenvalue weighted by atomic mass is 32.2. The molecule has 1 atom stereocenters. The maximum absolute atomic E-state index is 13.0. The normalized spacial score (nSPS) is 13.9. The molecule has 0 radical (unpaired) electrons. The molecule has 0 amide bonds. The molecule has 134 valence electrons. The smallest absolute Gasteiger partial charge is 0.310 e. The quantitative estimate of drug-likeness (QED) is 0.599. The molecule has 2 aromatic carbocycles. The van der Waals surface area contributed by atoms with E-state index in [-0.39, 0.29) is 12.2 Å². The van der Waals surface area contributed by atoms with E-state index in [1.54, 1.807) is 0 Å². The molecular weight excluding hydrogens is 351 g/mol. The molecule has 0 aliphatic carbocycles. The summed E-state index contributed by atoms with van der Waals surface area (Å²) in [5.74, 6) is -0.455. The zero-order chi connectivity index (χ0) is 18.8. The van der Waals surface area contributed by atoms with Crippen molar-refractivity contribution in [1.29, 1.82) is 0 Å². The maximum Gasteiger partial charge on any atom is 0.310 e. The summed E-state index contributed by atoms with van der Waals surface area (Å²) in [6.45, 7) is 1.31. The molecule has 0 saturated heterocycles. The highest BCUT2D eigenvalue weighted by Crippen LogP contribution is 2.33. The predicted molar refractivity (Wildman–Crippen MR) is 90.7 cm³/mol. The number of nitrogens with zero attached hydrogens (tertiary/aromatic N) is 1. The van der Waals surface area contributed by atoms with E-state index in [2.05, 4.69) is 5.32 Å². The van der Waals surface area contributed by atoms with Crippen molar-refractivity contribution in [2.45, 2.75) is 17.4 Å². The van der Waals surface area contributed by atoms with Gasteiger partial charge in [0, 0.05) is 12.8 Å². The van der Waals surface area contributed by atoms with Crippen molar-refractivity contribution in [2.75, 3.05) is 18.1 Å². The van der Waals surface area contributed by atoms with E-state index in [1.807, 2.05) is 0 Å². The second-order valence-corrected chi connectivity index (χ2v) is 7.80. The molecule has 1 unspecified atom stereocenters. The van der Waals surface area contributed by atoms with Gasteiger partial charge in [-0.3, -0.25) is 10.1 Å². The van der Waals surface area contributed by atoms with Gasteiger partial charge in [-0.05, 0) is 36.8 Å². The highest BCUT2D eigenvalue weighted by molar-refractivity contribution is 7.90. The van der Waals surface area contributed by atoms with Crippen molar-refractivity contribution in [3.05, 3.63) is 64.0 Å². The summed E-state index contributed by atoms with van der Waals surface area (Å²) in [6.07, 6.45) is 0.883. The van der Waals surface area contributed by atoms with Gasteiger partial charge in [-0.1, -0.05) is 18.2 Å². The Kier molecular flexibility index (Phi) is 5.09. The van der Waals surface area contributed by atoms with Crippen LogP contribution in [0.25, 0.3) is 0 Å². The third-order valence-electron chi connectivity index (χ3n) is 3.67. The molecule has 0 aromatic heterocycles. The van der Waals surface area contributed by atoms with E-state index < -0.39 is 36.8 Å². The number of rotatable bonds is 6. The Morgan fingerprint density at radius 2 is 1.84 bits per heavy atom. The van der Waals surface area contributed by atoms with Crippen LogP contribution in [-0.2, 0) is 15.4 Å². The van der Waals surface area contributed by atoms with Crippen molar-refractivity contribution in [2.24, 2.45) is 0 Å². The molecular formula is C16H17FN2O5S. The number of sulfone groups is 1. The average molecular weight is 368 g/mol. The van der Waals surface area contributed by atoms with Crippen LogP contribution in [0, 0.1) is 15.9 Å². The number of benzene rings is 2. The number of hydrogen-bond acceptors (Lipinski definition) is 6. The Hall–Kier alpha value is -2.52. The Morgan fingerprint density at radius 3 is 2.36 bits per heavy atom. The van der Waals surface area contributed by atoms with Gasteiger partial charge in [-0.25, -0.2) is 12.8 Å². The number of nitro benzene ring substituents is 1. The summed E-state index contributed by atoms with van der Waals surface area (Å²) in [4.78, 5) is 10.1. The minimum absolute atomic E-state index is 0.0321. The van der Waals surface area contributed by atoms with Crippen LogP contribution < -0.4 is 5.32 Å². The number of halogens is 1. The molecule has 0 saturated carbocycles. The van der Waals surface area contributed by atoms with Gasteiger partial charge in [-0.2, -0.15) is 0 Å². The van der Waals surface area contributed by atoms with Crippen LogP contribution >= 0.6 is 0 Å². The molecule has 7 nitrogen and oxygen atoms in total. The van der Waals surface area contributed by atoms with Crippen LogP contribution in [0.2, 0.25) is 0 Å². The van der Waals surface area contributed by atoms with Gasteiger partial charge in [0.05, 0.1) is 4.92 Å². The molecule has 0 aliphatic heterocycles. The molecule has 0 spiro atoms. The first-order chi connectivity index (χ1) is 11.5. The lowest BCUT2D eigenvalue weighted by Gasteiger charge is -2.25. The SMILES string of the molecule is CC(O)(CNc1cccc(S(C)(=O)=O)c1[N+](=O)[O-])c1ccc(F)cc1. The Labute approximate surface area is 144 Å². The van der Waals surface area contributed by atoms with E-state index in [4.69, 9.17) is 0 Å². The van der Waals surface area contributed by atoms with Crippen LogP contribution in [-0.4, -0.2) is 31.2 Å². The number of nitro groups is 1. The van der Waals surface area contributed by atoms with Crippen molar-refractivity contribution < 1.29 is 22.8 Å². The van der Waals surface area contributed by atoms with Crippen molar-refractivity contribution in [3.8, 4) is 0 Å². The molecule has 2 N–H and O–H groups in total. The van der Waals surface area contributed by atoms with Crippen LogP contribution in [0.5, 0.6) is 0 Å². The number of anilines is 1. The van der Waals surface area contributed by atoms with E-state index in [0.29, 0.717) is 5.56 Å². The minimum Gasteiger partial charge on any atom is -0.384 e. The Bertz CT molecular complexity index is 895. The number of nitrogens with one attached hydrogen (secondary N) is 1. The topological polar surface area (TPSA) is 110 Å². The first-order valence-corrected chi connectivity index (χ1v) is 9.11. The largest absolute Gasteiger partial charge is 0.384 e. The summed E-state index contributed by atoms with van der Waals surface area (Å²) in [5, 5.41) is 24.6. The fourth-order valence-electron chi connectivity index (χ4n) is 2.33. The lowest BCUT2D eigenvalue weighted by atomic mass is 9.96. The van der Waals surface area contributed by atoms with Gasteiger partial charge in [0.2, 0.25) is 0 Å². The third-order valence-corrected chi connectivity index (χ3v) is 4.80. The third kappa shape index (κ3) is 4.31. The Morgan fingerprint density at radius 1 is 1.24 bits per heavy atom. The Balaban J connectivity index is 2.34. The maximum atomic E-state index is 13.0. The molecule has 2 aromatic rings. The summed E-state index contributed by atoms with van der Waals surface area (Å²) >= 11 is 0. The summed E-state index contributed by atoms with van der Waals surface area (Å²) < 4.78 is 36.5. The molecule has 2 rings (SSSR count). The van der Waals surface area contributed by atoms with Crippen molar-refractivity contribution >= 4 is 21.2 Å². The minimum atomic E-state index is -3.80. The van der Waals surface area contributed by atoms with Crippen molar-refractivity contribution in [3.63, 3.8) is 0 Å². The standard InChI is InChI=1S/C16H17FN2O5S/c1-16(20,11-6-8-12(17)9-7-11)10-18-13-4-3-5-14(25(2,23)24)15(13)19(21)22/h3-9,18,20H,10H2,1-2H3. The van der Waals surface area contributed by atoms with Gasteiger partial charge >= 0.3 is 5.69 Å². The second kappa shape index (κ2) is 6.77. The zero-order valence-electron chi connectivity index (χ0n) is 13.6. The fraction of sp³-hybridized carbons (Fsp3) is 0.250. The van der Waals surface area contributed by atoms with Gasteiger partial charge in [0.25, 0.3) is 0 Å². The number of aliphatic hydroxyl groups is 1. The van der Waals surface area contributed by atoms with Crippen LogP contribution in [0.1, 0.15) is 12.5 Å². The summed E-state index contributed by atoms with van der Waals surface area (Å²) in [6, 6.07) is 9.06. The predicted octanol–water partition coefficient (Wildman–Crippen LogP) is 2.46. The average Bonchev–Trinajstić information content (AvgIpc) is 2.52. The lowest BCUT2D eigenvalue weighted by Crippen LogP contribution is -2.31. The van der Waals surface area contributed by atoms with Gasteiger partial charge in [-0.15, -0.1) is 0 Å². The van der Waals surface area contributed by atoms with E-state index >= 15 is 0 Å². The zero-order valence-corrected chi connectivity index (χ0v) is 14.4. The first kappa shape index (κ1) is 18.8. The molecule has 0 bridgehead atoms. The van der Waals surface area contributed by atoms with Crippen LogP contribution in [0.3, 0.4) is 0 Å². The molecule has 0 heterocycles. The number of hydrogen-bond donors (Lipinski definition) is 2. The van der Waals surface area contributed by atoms with Gasteiger partial charge in [0.15, 0.2) is 9.84 Å². The van der Waals surface area contributed by atoms with Crippen molar-refractivity contribution in [1.82, 2.24) is 0 Å². The highest BCUT2D eigenvalue weighted by Gasteiger charge is 2.28. The summed E-state index contributed by atoms with van der Waals surface area (Å²) in [5.41, 5.74) is -1.67. The fourth-order valence-corrected chi connectivity index (χ4v) is 3.19. The van der Waals surface area contributed by atoms with E-state index in [9.17, 15) is 28.0 Å². The second-order valence-electron chi connectivity index (χ2n) is 5.82. The monoisotopic (exact) mass is 368 g/mol. The summed E-state index contributed by atoms with van der Waals surface area (Å²) in [7, 11) is -3.80. The molecule has 9 heteroatoms. The van der Waals surface area contributed by atoms with Gasteiger partial charge in [0.1, 0.15) is 22.0 Å². The molecule has 0 aliphatic rings. The van der Waals surface area contributed by atoms with Gasteiger partial charge < -0.3 is 10.4 Å². The first-order valence-electron chi connectivity index (χ1n) is 7.22.